The molecule has 4 nitrogen and oxygen atoms in total. The minimum absolute atomic E-state index is 0.343. The van der Waals surface area contributed by atoms with Crippen molar-refractivity contribution in [2.45, 2.75) is 31.7 Å². The summed E-state index contributed by atoms with van der Waals surface area (Å²) in [6, 6.07) is 19.7. The molecule has 1 unspecified atom stereocenters. The molecule has 24 heavy (non-hydrogen) atoms. The molecular weight excluding hydrogens is 304 g/mol. The zero-order chi connectivity index (χ0) is 16.8. The van der Waals surface area contributed by atoms with E-state index in [1.807, 2.05) is 60.7 Å². The van der Waals surface area contributed by atoms with Gasteiger partial charge in [0.05, 0.1) is 19.8 Å². The van der Waals surface area contributed by atoms with E-state index in [4.69, 9.17) is 14.2 Å². The Hall–Kier alpha value is -1.98. The number of ether oxygens (including phenoxy) is 3. The van der Waals surface area contributed by atoms with E-state index in [1.165, 1.54) is 0 Å². The standard InChI is InChI=1S/C20H22O4/c1-15-18(14-22-12-16-8-4-2-5-9-16)24-20(21)19(15)23-13-17-10-6-3-7-11-17/h2-11,18-21H,1,12-14H2/t18-,19-,20?/m1/s1. The van der Waals surface area contributed by atoms with Gasteiger partial charge in [0, 0.05) is 0 Å². The lowest BCUT2D eigenvalue weighted by Crippen LogP contribution is -2.24. The van der Waals surface area contributed by atoms with Gasteiger partial charge in [-0.15, -0.1) is 0 Å². The van der Waals surface area contributed by atoms with E-state index >= 15 is 0 Å². The SMILES string of the molecule is C=C1[C@@H](OCc2ccccc2)C(O)O[C@@H]1COCc1ccccc1. The number of aliphatic hydroxyl groups is 1. The highest BCUT2D eigenvalue weighted by molar-refractivity contribution is 5.18. The van der Waals surface area contributed by atoms with Gasteiger partial charge in [-0.3, -0.25) is 0 Å². The van der Waals surface area contributed by atoms with Gasteiger partial charge in [-0.25, -0.2) is 0 Å². The average Bonchev–Trinajstić information content (AvgIpc) is 2.89. The molecule has 0 aliphatic carbocycles. The molecule has 1 N–H and O–H groups in total. The van der Waals surface area contributed by atoms with Gasteiger partial charge in [-0.05, 0) is 16.7 Å². The Kier molecular flexibility index (Phi) is 5.77. The second-order valence-electron chi connectivity index (χ2n) is 5.81. The fourth-order valence-electron chi connectivity index (χ4n) is 2.65. The normalized spacial score (nSPS) is 23.5. The summed E-state index contributed by atoms with van der Waals surface area (Å²) in [6.45, 7) is 5.26. The molecule has 0 radical (unpaired) electrons. The third kappa shape index (κ3) is 4.30. The maximum absolute atomic E-state index is 10.1. The van der Waals surface area contributed by atoms with Crippen LogP contribution in [0, 0.1) is 0 Å². The molecule has 2 aromatic carbocycles. The lowest BCUT2D eigenvalue weighted by atomic mass is 10.1. The zero-order valence-corrected chi connectivity index (χ0v) is 13.5. The number of benzene rings is 2. The van der Waals surface area contributed by atoms with E-state index in [1.54, 1.807) is 0 Å². The summed E-state index contributed by atoms with van der Waals surface area (Å²) in [6.07, 6.45) is -1.90. The molecule has 4 heteroatoms. The Bertz CT molecular complexity index is 641. The van der Waals surface area contributed by atoms with Crippen molar-refractivity contribution in [3.63, 3.8) is 0 Å². The van der Waals surface area contributed by atoms with Crippen molar-refractivity contribution in [1.82, 2.24) is 0 Å². The van der Waals surface area contributed by atoms with Gasteiger partial charge >= 0.3 is 0 Å². The molecular formula is C20H22O4. The van der Waals surface area contributed by atoms with Gasteiger partial charge in [-0.1, -0.05) is 67.2 Å². The first kappa shape index (κ1) is 16.9. The summed E-state index contributed by atoms with van der Waals surface area (Å²) < 4.78 is 17.0. The third-order valence-corrected chi connectivity index (χ3v) is 3.99. The van der Waals surface area contributed by atoms with Crippen LogP contribution in [0.5, 0.6) is 0 Å². The number of rotatable bonds is 7. The van der Waals surface area contributed by atoms with Crippen LogP contribution in [0.3, 0.4) is 0 Å². The van der Waals surface area contributed by atoms with Crippen LogP contribution in [-0.4, -0.2) is 30.2 Å². The molecule has 1 aliphatic rings. The van der Waals surface area contributed by atoms with Gasteiger partial charge in [0.15, 0.2) is 6.29 Å². The fraction of sp³-hybridized carbons (Fsp3) is 0.300. The molecule has 1 heterocycles. The van der Waals surface area contributed by atoms with E-state index in [9.17, 15) is 5.11 Å². The second-order valence-corrected chi connectivity index (χ2v) is 5.81. The lowest BCUT2D eigenvalue weighted by Gasteiger charge is -2.15. The highest BCUT2D eigenvalue weighted by atomic mass is 16.7. The van der Waals surface area contributed by atoms with Gasteiger partial charge in [-0.2, -0.15) is 0 Å². The number of aliphatic hydroxyl groups excluding tert-OH is 1. The number of hydrogen-bond acceptors (Lipinski definition) is 4. The average molecular weight is 326 g/mol. The van der Waals surface area contributed by atoms with Crippen LogP contribution in [0.15, 0.2) is 72.8 Å². The van der Waals surface area contributed by atoms with Crippen LogP contribution in [-0.2, 0) is 27.4 Å². The van der Waals surface area contributed by atoms with Crippen LogP contribution >= 0.6 is 0 Å². The summed E-state index contributed by atoms with van der Waals surface area (Å²) in [4.78, 5) is 0. The molecule has 0 aromatic heterocycles. The quantitative estimate of drug-likeness (QED) is 0.795. The zero-order valence-electron chi connectivity index (χ0n) is 13.5. The van der Waals surface area contributed by atoms with E-state index in [-0.39, 0.29) is 6.10 Å². The van der Waals surface area contributed by atoms with Crippen molar-refractivity contribution in [2.75, 3.05) is 6.61 Å². The van der Waals surface area contributed by atoms with E-state index in [0.29, 0.717) is 25.4 Å². The molecule has 126 valence electrons. The summed E-state index contributed by atoms with van der Waals surface area (Å²) in [7, 11) is 0. The van der Waals surface area contributed by atoms with Gasteiger partial charge in [0.2, 0.25) is 0 Å². The maximum atomic E-state index is 10.1. The third-order valence-electron chi connectivity index (χ3n) is 3.99. The molecule has 3 atom stereocenters. The topological polar surface area (TPSA) is 47.9 Å². The van der Waals surface area contributed by atoms with Crippen molar-refractivity contribution in [3.8, 4) is 0 Å². The Morgan fingerprint density at radius 2 is 1.50 bits per heavy atom. The van der Waals surface area contributed by atoms with Crippen LogP contribution in [0.4, 0.5) is 0 Å². The molecule has 2 aromatic rings. The molecule has 3 rings (SSSR count). The second kappa shape index (κ2) is 8.22. The van der Waals surface area contributed by atoms with E-state index in [0.717, 1.165) is 11.1 Å². The fourth-order valence-corrected chi connectivity index (χ4v) is 2.65. The Labute approximate surface area is 142 Å². The van der Waals surface area contributed by atoms with Crippen LogP contribution < -0.4 is 0 Å². The predicted molar refractivity (Wildman–Crippen MR) is 91.1 cm³/mol. The maximum Gasteiger partial charge on any atom is 0.186 e. The van der Waals surface area contributed by atoms with Crippen molar-refractivity contribution in [2.24, 2.45) is 0 Å². The van der Waals surface area contributed by atoms with Crippen LogP contribution in [0.1, 0.15) is 11.1 Å². The van der Waals surface area contributed by atoms with Gasteiger partial charge < -0.3 is 19.3 Å². The van der Waals surface area contributed by atoms with Crippen molar-refractivity contribution < 1.29 is 19.3 Å². The minimum Gasteiger partial charge on any atom is -0.374 e. The van der Waals surface area contributed by atoms with E-state index < -0.39 is 12.4 Å². The molecule has 1 aliphatic heterocycles. The number of hydrogen-bond donors (Lipinski definition) is 1. The summed E-state index contributed by atoms with van der Waals surface area (Å²) in [5.41, 5.74) is 2.85. The first-order valence-electron chi connectivity index (χ1n) is 8.03. The van der Waals surface area contributed by atoms with Crippen molar-refractivity contribution in [3.05, 3.63) is 83.9 Å². The van der Waals surface area contributed by atoms with Gasteiger partial charge in [0.1, 0.15) is 12.2 Å². The molecule has 0 saturated carbocycles. The minimum atomic E-state index is -1.01. The van der Waals surface area contributed by atoms with E-state index in [2.05, 4.69) is 6.58 Å². The molecule has 1 saturated heterocycles. The largest absolute Gasteiger partial charge is 0.374 e. The highest BCUT2D eigenvalue weighted by Gasteiger charge is 2.38. The summed E-state index contributed by atoms with van der Waals surface area (Å²) >= 11 is 0. The summed E-state index contributed by atoms with van der Waals surface area (Å²) in [5.74, 6) is 0. The van der Waals surface area contributed by atoms with Crippen molar-refractivity contribution in [1.29, 1.82) is 0 Å². The molecule has 0 spiro atoms. The first-order chi connectivity index (χ1) is 11.7. The first-order valence-corrected chi connectivity index (χ1v) is 8.03. The highest BCUT2D eigenvalue weighted by Crippen LogP contribution is 2.27. The predicted octanol–water partition coefficient (Wildman–Crippen LogP) is 3.06. The molecule has 0 bridgehead atoms. The lowest BCUT2D eigenvalue weighted by molar-refractivity contribution is -0.152. The van der Waals surface area contributed by atoms with Crippen LogP contribution in [0.2, 0.25) is 0 Å². The Morgan fingerprint density at radius 3 is 2.12 bits per heavy atom. The Morgan fingerprint density at radius 1 is 0.917 bits per heavy atom. The van der Waals surface area contributed by atoms with Crippen molar-refractivity contribution >= 4 is 0 Å². The smallest absolute Gasteiger partial charge is 0.186 e. The van der Waals surface area contributed by atoms with Crippen LogP contribution in [0.25, 0.3) is 0 Å². The monoisotopic (exact) mass is 326 g/mol. The Balaban J connectivity index is 1.47. The molecule has 0 amide bonds. The van der Waals surface area contributed by atoms with Gasteiger partial charge in [0.25, 0.3) is 0 Å². The molecule has 1 fully saturated rings. The summed E-state index contributed by atoms with van der Waals surface area (Å²) in [5, 5.41) is 10.1.